The van der Waals surface area contributed by atoms with Crippen LogP contribution in [0.15, 0.2) is 11.6 Å². The summed E-state index contributed by atoms with van der Waals surface area (Å²) in [7, 11) is 0. The second-order valence-electron chi connectivity index (χ2n) is 3.75. The van der Waals surface area contributed by atoms with E-state index in [1.54, 1.807) is 13.0 Å². The van der Waals surface area contributed by atoms with Crippen molar-refractivity contribution in [1.29, 1.82) is 0 Å². The molecule has 1 aliphatic carbocycles. The summed E-state index contributed by atoms with van der Waals surface area (Å²) >= 11 is 5.23. The molecule has 0 aliphatic heterocycles. The Bertz CT molecular complexity index is 314. The van der Waals surface area contributed by atoms with Gasteiger partial charge in [-0.1, -0.05) is 32.1 Å². The molecule has 2 nitrogen and oxygen atoms in total. The topological polar surface area (TPSA) is 34.1 Å². The van der Waals surface area contributed by atoms with Gasteiger partial charge in [0.15, 0.2) is 11.6 Å². The number of Topliss-reactive ketones (excluding diaryl/α,β-unsaturated/α-hetero) is 2. The van der Waals surface area contributed by atoms with Crippen LogP contribution in [0.4, 0.5) is 0 Å². The molecule has 0 amide bonds. The molecule has 3 heteroatoms. The molecule has 1 aliphatic rings. The molecular formula is C12H16O2S. The van der Waals surface area contributed by atoms with Crippen molar-refractivity contribution in [2.24, 2.45) is 11.8 Å². The van der Waals surface area contributed by atoms with Crippen molar-refractivity contribution in [3.63, 3.8) is 0 Å². The Morgan fingerprint density at radius 1 is 1.13 bits per heavy atom. The minimum Gasteiger partial charge on any atom is -0.293 e. The third kappa shape index (κ3) is 1.93. The molecule has 2 unspecified atom stereocenters. The monoisotopic (exact) mass is 224 g/mol. The molecule has 0 radical (unpaired) electrons. The number of ketones is 2. The van der Waals surface area contributed by atoms with E-state index < -0.39 is 0 Å². The minimum absolute atomic E-state index is 0.0836. The highest BCUT2D eigenvalue weighted by Gasteiger charge is 2.40. The largest absolute Gasteiger partial charge is 0.293 e. The van der Waals surface area contributed by atoms with Gasteiger partial charge in [0, 0.05) is 4.86 Å². The van der Waals surface area contributed by atoms with Crippen LogP contribution >= 0.6 is 12.2 Å². The van der Waals surface area contributed by atoms with Gasteiger partial charge >= 0.3 is 0 Å². The summed E-state index contributed by atoms with van der Waals surface area (Å²) in [5, 5.41) is 0. The molecule has 0 aromatic carbocycles. The summed E-state index contributed by atoms with van der Waals surface area (Å²) in [6.07, 6.45) is 3.01. The summed E-state index contributed by atoms with van der Waals surface area (Å²) in [5.74, 6) is -0.623. The Kier molecular flexibility index (Phi) is 3.91. The third-order valence-electron chi connectivity index (χ3n) is 2.96. The van der Waals surface area contributed by atoms with Gasteiger partial charge in [-0.05, 0) is 19.8 Å². The van der Waals surface area contributed by atoms with E-state index in [-0.39, 0.29) is 23.4 Å². The normalized spacial score (nSPS) is 27.1. The maximum absolute atomic E-state index is 11.9. The van der Waals surface area contributed by atoms with Crippen molar-refractivity contribution < 1.29 is 9.59 Å². The number of hydrogen-bond donors (Lipinski definition) is 0. The average molecular weight is 224 g/mol. The molecule has 0 bridgehead atoms. The summed E-state index contributed by atoms with van der Waals surface area (Å²) in [6, 6.07) is 0. The molecule has 0 N–H and O–H groups in total. The summed E-state index contributed by atoms with van der Waals surface area (Å²) in [4.78, 5) is 24.4. The van der Waals surface area contributed by atoms with Crippen molar-refractivity contribution >= 4 is 28.6 Å². The molecule has 1 saturated carbocycles. The van der Waals surface area contributed by atoms with E-state index in [4.69, 9.17) is 12.2 Å². The second-order valence-corrected chi connectivity index (χ2v) is 4.23. The van der Waals surface area contributed by atoms with Crippen LogP contribution in [-0.4, -0.2) is 16.4 Å². The zero-order valence-corrected chi connectivity index (χ0v) is 10.2. The number of hydrogen-bond acceptors (Lipinski definition) is 3. The molecule has 15 heavy (non-hydrogen) atoms. The lowest BCUT2D eigenvalue weighted by molar-refractivity contribution is -0.125. The first-order valence-corrected chi connectivity index (χ1v) is 5.77. The standard InChI is InChI=1S/C12H16O2S/c1-4-7-10(13)8(5-2)12(15)9(6-3)11(7)14/h4,8-9H,5-6H2,1-3H3. The average Bonchev–Trinajstić information content (AvgIpc) is 2.19. The van der Waals surface area contributed by atoms with Crippen molar-refractivity contribution in [1.82, 2.24) is 0 Å². The summed E-state index contributed by atoms with van der Waals surface area (Å²) in [5.41, 5.74) is 0.349. The highest BCUT2D eigenvalue weighted by molar-refractivity contribution is 7.80. The molecule has 0 saturated heterocycles. The lowest BCUT2D eigenvalue weighted by atomic mass is 9.74. The minimum atomic E-state index is -0.228. The lowest BCUT2D eigenvalue weighted by Gasteiger charge is -2.28. The smallest absolute Gasteiger partial charge is 0.174 e. The number of allylic oxidation sites excluding steroid dienone is 2. The van der Waals surface area contributed by atoms with E-state index in [0.717, 1.165) is 0 Å². The maximum Gasteiger partial charge on any atom is 0.174 e. The van der Waals surface area contributed by atoms with Crippen LogP contribution in [0.5, 0.6) is 0 Å². The highest BCUT2D eigenvalue weighted by atomic mass is 32.1. The summed E-state index contributed by atoms with van der Waals surface area (Å²) in [6.45, 7) is 5.61. The van der Waals surface area contributed by atoms with Crippen molar-refractivity contribution in [2.45, 2.75) is 33.6 Å². The molecule has 0 aromatic heterocycles. The number of carbonyl (C=O) groups excluding carboxylic acids is 2. The van der Waals surface area contributed by atoms with Gasteiger partial charge < -0.3 is 0 Å². The van der Waals surface area contributed by atoms with Crippen LogP contribution in [0.2, 0.25) is 0 Å². The molecule has 1 fully saturated rings. The molecule has 1 rings (SSSR count). The number of carbonyl (C=O) groups is 2. The lowest BCUT2D eigenvalue weighted by Crippen LogP contribution is -2.41. The Labute approximate surface area is 95.7 Å². The number of rotatable bonds is 2. The van der Waals surface area contributed by atoms with Crippen molar-refractivity contribution in [3.8, 4) is 0 Å². The van der Waals surface area contributed by atoms with E-state index in [9.17, 15) is 9.59 Å². The number of thiocarbonyl (C=S) groups is 1. The molecule has 0 heterocycles. The van der Waals surface area contributed by atoms with Gasteiger partial charge in [-0.15, -0.1) is 0 Å². The van der Waals surface area contributed by atoms with Gasteiger partial charge in [0.05, 0.1) is 17.4 Å². The van der Waals surface area contributed by atoms with Gasteiger partial charge in [-0.25, -0.2) is 0 Å². The van der Waals surface area contributed by atoms with E-state index in [2.05, 4.69) is 0 Å². The van der Waals surface area contributed by atoms with Crippen LogP contribution in [-0.2, 0) is 9.59 Å². The van der Waals surface area contributed by atoms with Gasteiger partial charge in [-0.3, -0.25) is 9.59 Å². The maximum atomic E-state index is 11.9. The second kappa shape index (κ2) is 4.79. The Hall–Kier alpha value is -0.830. The molecular weight excluding hydrogens is 208 g/mol. The van der Waals surface area contributed by atoms with Crippen molar-refractivity contribution in [2.75, 3.05) is 0 Å². The quantitative estimate of drug-likeness (QED) is 0.410. The van der Waals surface area contributed by atoms with Crippen LogP contribution < -0.4 is 0 Å². The first-order valence-electron chi connectivity index (χ1n) is 5.36. The Balaban J connectivity index is 3.15. The van der Waals surface area contributed by atoms with Crippen LogP contribution in [0, 0.1) is 11.8 Å². The fraction of sp³-hybridized carbons (Fsp3) is 0.583. The van der Waals surface area contributed by atoms with Gasteiger partial charge in [0.2, 0.25) is 0 Å². The van der Waals surface area contributed by atoms with E-state index >= 15 is 0 Å². The van der Waals surface area contributed by atoms with Crippen LogP contribution in [0.1, 0.15) is 33.6 Å². The molecule has 2 atom stereocenters. The van der Waals surface area contributed by atoms with Gasteiger partial charge in [0.1, 0.15) is 0 Å². The summed E-state index contributed by atoms with van der Waals surface area (Å²) < 4.78 is 0. The van der Waals surface area contributed by atoms with E-state index in [0.29, 0.717) is 23.3 Å². The fourth-order valence-electron chi connectivity index (χ4n) is 2.06. The fourth-order valence-corrected chi connectivity index (χ4v) is 2.60. The van der Waals surface area contributed by atoms with E-state index in [1.165, 1.54) is 0 Å². The Morgan fingerprint density at radius 3 is 1.80 bits per heavy atom. The highest BCUT2D eigenvalue weighted by Crippen LogP contribution is 2.29. The zero-order valence-electron chi connectivity index (χ0n) is 9.37. The molecule has 0 aromatic rings. The van der Waals surface area contributed by atoms with Crippen molar-refractivity contribution in [3.05, 3.63) is 11.6 Å². The van der Waals surface area contributed by atoms with Crippen LogP contribution in [0.25, 0.3) is 0 Å². The first kappa shape index (κ1) is 12.2. The Morgan fingerprint density at radius 2 is 1.53 bits per heavy atom. The van der Waals surface area contributed by atoms with E-state index in [1.807, 2.05) is 13.8 Å². The molecule has 82 valence electrons. The third-order valence-corrected chi connectivity index (χ3v) is 3.52. The predicted octanol–water partition coefficient (Wildman–Crippen LogP) is 2.51. The molecule has 0 spiro atoms. The SMILES string of the molecule is CC=C1C(=O)C(CC)C(=S)C(CC)C1=O. The van der Waals surface area contributed by atoms with Gasteiger partial charge in [0.25, 0.3) is 0 Å². The van der Waals surface area contributed by atoms with Gasteiger partial charge in [-0.2, -0.15) is 0 Å². The van der Waals surface area contributed by atoms with Crippen LogP contribution in [0.3, 0.4) is 0 Å². The predicted molar refractivity (Wildman–Crippen MR) is 63.9 cm³/mol. The first-order chi connectivity index (χ1) is 7.08. The zero-order chi connectivity index (χ0) is 11.6.